The zero-order valence-electron chi connectivity index (χ0n) is 19.2. The number of rotatable bonds is 8. The fourth-order valence-corrected chi connectivity index (χ4v) is 3.45. The lowest BCUT2D eigenvalue weighted by atomic mass is 10.1. The van der Waals surface area contributed by atoms with Crippen molar-refractivity contribution in [2.24, 2.45) is 0 Å². The molecule has 0 saturated heterocycles. The molecule has 0 radical (unpaired) electrons. The number of nitrogens with one attached hydrogen (secondary N) is 2. The van der Waals surface area contributed by atoms with Gasteiger partial charge in [0, 0.05) is 29.6 Å². The monoisotopic (exact) mass is 473 g/mol. The largest absolute Gasteiger partial charge is 0.494 e. The van der Waals surface area contributed by atoms with Gasteiger partial charge in [-0.2, -0.15) is 0 Å². The van der Waals surface area contributed by atoms with Crippen LogP contribution in [0.2, 0.25) is 0 Å². The Morgan fingerprint density at radius 2 is 1.62 bits per heavy atom. The molecule has 0 unspecified atom stereocenters. The second kappa shape index (κ2) is 12.3. The number of thiocarbonyl (C=S) groups is 1. The summed E-state index contributed by atoms with van der Waals surface area (Å²) in [7, 11) is 0. The molecule has 174 valence electrons. The summed E-state index contributed by atoms with van der Waals surface area (Å²) in [6.45, 7) is 5.02. The number of benzene rings is 3. The van der Waals surface area contributed by atoms with Crippen LogP contribution in [0.1, 0.15) is 29.8 Å². The number of ether oxygens (including phenoxy) is 1. The normalized spacial score (nSPS) is 10.5. The molecule has 0 aromatic heterocycles. The highest BCUT2D eigenvalue weighted by Crippen LogP contribution is 2.18. The van der Waals surface area contributed by atoms with Gasteiger partial charge in [0.25, 0.3) is 5.91 Å². The zero-order chi connectivity index (χ0) is 24.3. The van der Waals surface area contributed by atoms with E-state index < -0.39 is 0 Å². The van der Waals surface area contributed by atoms with Gasteiger partial charge in [-0.25, -0.2) is 0 Å². The summed E-state index contributed by atoms with van der Waals surface area (Å²) in [5.74, 6) is 0.347. The number of nitrogens with zero attached hydrogens (tertiary/aromatic N) is 1. The lowest BCUT2D eigenvalue weighted by Gasteiger charge is -2.21. The Morgan fingerprint density at radius 1 is 0.941 bits per heavy atom. The van der Waals surface area contributed by atoms with E-state index in [2.05, 4.69) is 10.6 Å². The van der Waals surface area contributed by atoms with Gasteiger partial charge in [0.15, 0.2) is 5.11 Å². The average Bonchev–Trinajstić information content (AvgIpc) is 2.85. The number of amides is 2. The van der Waals surface area contributed by atoms with Crippen LogP contribution in [0.25, 0.3) is 6.08 Å². The standard InChI is InChI=1S/C27H27N3O3S/c1-3-30(23-8-6-5-7-9-23)26(32)21-13-15-22(16-14-21)28-27(34)29-25(31)19-12-20-10-17-24(18-11-20)33-4-2/h5-19H,3-4H2,1-2H3,(H2,28,29,31,34)/b19-12+. The molecule has 0 spiro atoms. The molecule has 6 nitrogen and oxygen atoms in total. The van der Waals surface area contributed by atoms with Crippen LogP contribution in [0.4, 0.5) is 11.4 Å². The first-order chi connectivity index (χ1) is 16.5. The summed E-state index contributed by atoms with van der Waals surface area (Å²) in [5, 5.41) is 5.74. The van der Waals surface area contributed by atoms with E-state index in [1.807, 2.05) is 68.4 Å². The van der Waals surface area contributed by atoms with E-state index in [0.717, 1.165) is 17.0 Å². The first-order valence-electron chi connectivity index (χ1n) is 11.0. The first-order valence-corrected chi connectivity index (χ1v) is 11.4. The Morgan fingerprint density at radius 3 is 2.24 bits per heavy atom. The Bertz CT molecular complexity index is 1140. The van der Waals surface area contributed by atoms with Gasteiger partial charge in [0.2, 0.25) is 5.91 Å². The second-order valence-electron chi connectivity index (χ2n) is 7.24. The number of carbonyl (C=O) groups excluding carboxylic acids is 2. The zero-order valence-corrected chi connectivity index (χ0v) is 20.0. The Kier molecular flexibility index (Phi) is 8.94. The van der Waals surface area contributed by atoms with Crippen LogP contribution in [0.5, 0.6) is 5.75 Å². The highest BCUT2D eigenvalue weighted by molar-refractivity contribution is 7.80. The van der Waals surface area contributed by atoms with Crippen molar-refractivity contribution in [2.75, 3.05) is 23.4 Å². The van der Waals surface area contributed by atoms with Crippen molar-refractivity contribution in [2.45, 2.75) is 13.8 Å². The summed E-state index contributed by atoms with van der Waals surface area (Å²) in [6.07, 6.45) is 3.11. The van der Waals surface area contributed by atoms with Crippen molar-refractivity contribution in [1.82, 2.24) is 5.32 Å². The maximum Gasteiger partial charge on any atom is 0.258 e. The van der Waals surface area contributed by atoms with E-state index in [4.69, 9.17) is 17.0 Å². The highest BCUT2D eigenvalue weighted by Gasteiger charge is 2.15. The molecule has 0 atom stereocenters. The minimum Gasteiger partial charge on any atom is -0.494 e. The summed E-state index contributed by atoms with van der Waals surface area (Å²) in [4.78, 5) is 26.8. The SMILES string of the molecule is CCOc1ccc(/C=C/C(=O)NC(=S)Nc2ccc(C(=O)N(CC)c3ccccc3)cc2)cc1. The summed E-state index contributed by atoms with van der Waals surface area (Å²) >= 11 is 5.23. The molecule has 0 saturated carbocycles. The predicted molar refractivity (Wildman–Crippen MR) is 141 cm³/mol. The van der Waals surface area contributed by atoms with Crippen LogP contribution in [-0.2, 0) is 4.79 Å². The number of anilines is 2. The Hall–Kier alpha value is -3.97. The van der Waals surface area contributed by atoms with E-state index in [9.17, 15) is 9.59 Å². The molecule has 0 heterocycles. The Balaban J connectivity index is 1.54. The molecular formula is C27H27N3O3S. The van der Waals surface area contributed by atoms with Gasteiger partial charge in [0.1, 0.15) is 5.75 Å². The maximum absolute atomic E-state index is 12.9. The molecule has 3 rings (SSSR count). The van der Waals surface area contributed by atoms with Crippen molar-refractivity contribution in [1.29, 1.82) is 0 Å². The van der Waals surface area contributed by atoms with E-state index in [1.165, 1.54) is 6.08 Å². The smallest absolute Gasteiger partial charge is 0.258 e. The number of hydrogen-bond donors (Lipinski definition) is 2. The number of carbonyl (C=O) groups is 2. The van der Waals surface area contributed by atoms with Crippen LogP contribution in [0.15, 0.2) is 84.9 Å². The van der Waals surface area contributed by atoms with Crippen LogP contribution in [0.3, 0.4) is 0 Å². The van der Waals surface area contributed by atoms with E-state index in [1.54, 1.807) is 35.2 Å². The van der Waals surface area contributed by atoms with Gasteiger partial charge in [-0.3, -0.25) is 14.9 Å². The summed E-state index contributed by atoms with van der Waals surface area (Å²) < 4.78 is 5.40. The second-order valence-corrected chi connectivity index (χ2v) is 7.65. The topological polar surface area (TPSA) is 70.7 Å². The molecule has 2 amide bonds. The fourth-order valence-electron chi connectivity index (χ4n) is 3.23. The van der Waals surface area contributed by atoms with Crippen molar-refractivity contribution in [3.8, 4) is 5.75 Å². The highest BCUT2D eigenvalue weighted by atomic mass is 32.1. The third-order valence-electron chi connectivity index (χ3n) is 4.87. The predicted octanol–water partition coefficient (Wildman–Crippen LogP) is 5.28. The molecule has 0 bridgehead atoms. The molecule has 34 heavy (non-hydrogen) atoms. The molecule has 2 N–H and O–H groups in total. The lowest BCUT2D eigenvalue weighted by molar-refractivity contribution is -0.115. The van der Waals surface area contributed by atoms with Gasteiger partial charge < -0.3 is 15.0 Å². The lowest BCUT2D eigenvalue weighted by Crippen LogP contribution is -2.33. The number of para-hydroxylation sites is 1. The minimum absolute atomic E-state index is 0.0874. The third kappa shape index (κ3) is 7.02. The van der Waals surface area contributed by atoms with Gasteiger partial charge in [-0.1, -0.05) is 30.3 Å². The van der Waals surface area contributed by atoms with Crippen LogP contribution >= 0.6 is 12.2 Å². The molecule has 0 aliphatic carbocycles. The molecule has 3 aromatic rings. The van der Waals surface area contributed by atoms with Crippen molar-refractivity contribution >= 4 is 46.6 Å². The maximum atomic E-state index is 12.9. The van der Waals surface area contributed by atoms with Gasteiger partial charge in [0.05, 0.1) is 6.61 Å². The average molecular weight is 474 g/mol. The fraction of sp³-hybridized carbons (Fsp3) is 0.148. The molecule has 0 aliphatic heterocycles. The van der Waals surface area contributed by atoms with Crippen molar-refractivity contribution in [3.05, 3.63) is 96.1 Å². The molecule has 7 heteroatoms. The van der Waals surface area contributed by atoms with Gasteiger partial charge in [-0.15, -0.1) is 0 Å². The minimum atomic E-state index is -0.348. The Labute approximate surface area is 205 Å². The first kappa shape index (κ1) is 24.7. The van der Waals surface area contributed by atoms with Crippen molar-refractivity contribution < 1.29 is 14.3 Å². The van der Waals surface area contributed by atoms with E-state index in [0.29, 0.717) is 24.4 Å². The summed E-state index contributed by atoms with van der Waals surface area (Å²) in [5.41, 5.74) is 2.94. The van der Waals surface area contributed by atoms with Crippen LogP contribution < -0.4 is 20.3 Å². The van der Waals surface area contributed by atoms with E-state index in [-0.39, 0.29) is 16.9 Å². The molecular weight excluding hydrogens is 446 g/mol. The van der Waals surface area contributed by atoms with Crippen LogP contribution in [0, 0.1) is 0 Å². The summed E-state index contributed by atoms with van der Waals surface area (Å²) in [6, 6.07) is 23.9. The van der Waals surface area contributed by atoms with E-state index >= 15 is 0 Å². The third-order valence-corrected chi connectivity index (χ3v) is 5.08. The van der Waals surface area contributed by atoms with Crippen LogP contribution in [-0.4, -0.2) is 30.1 Å². The van der Waals surface area contributed by atoms with Crippen molar-refractivity contribution in [3.63, 3.8) is 0 Å². The number of hydrogen-bond acceptors (Lipinski definition) is 4. The molecule has 0 fully saturated rings. The molecule has 0 aliphatic rings. The van der Waals surface area contributed by atoms with Gasteiger partial charge in [-0.05, 0) is 86.2 Å². The van der Waals surface area contributed by atoms with Gasteiger partial charge >= 0.3 is 0 Å². The quantitative estimate of drug-likeness (QED) is 0.344. The molecule has 3 aromatic carbocycles.